The van der Waals surface area contributed by atoms with Crippen LogP contribution in [0.5, 0.6) is 0 Å². The highest BCUT2D eigenvalue weighted by atomic mass is 35.5. The summed E-state index contributed by atoms with van der Waals surface area (Å²) in [7, 11) is 1.22. The Kier molecular flexibility index (Phi) is 7.23. The maximum atomic E-state index is 13.4. The summed E-state index contributed by atoms with van der Waals surface area (Å²) in [5, 5.41) is 4.38. The number of halogens is 4. The third kappa shape index (κ3) is 5.47. The van der Waals surface area contributed by atoms with E-state index in [1.807, 2.05) is 0 Å². The molecule has 0 saturated carbocycles. The molecular weight excluding hydrogens is 519 g/mol. The van der Waals surface area contributed by atoms with Crippen molar-refractivity contribution in [3.63, 3.8) is 0 Å². The summed E-state index contributed by atoms with van der Waals surface area (Å²) in [6.45, 7) is -0.194. The van der Waals surface area contributed by atoms with Crippen molar-refractivity contribution in [1.82, 2.24) is 14.7 Å². The maximum absolute atomic E-state index is 13.4. The number of aromatic nitrogens is 2. The lowest BCUT2D eigenvalue weighted by molar-refractivity contribution is -0.138. The van der Waals surface area contributed by atoms with Gasteiger partial charge in [-0.3, -0.25) is 19.2 Å². The van der Waals surface area contributed by atoms with Crippen LogP contribution in [0.1, 0.15) is 16.7 Å². The number of thioether (sulfide) groups is 1. The average molecular weight is 536 g/mol. The molecule has 1 saturated heterocycles. The molecular formula is C24H17ClF3N3O4S. The second-order valence-corrected chi connectivity index (χ2v) is 9.07. The SMILES string of the molecule is COC(=O)/C=C/CN1C(=O)S/C(=C\c2ccc3c(cnn3Cc3ccc(Cl)cc3C(F)(F)F)c2)C1=O. The molecule has 36 heavy (non-hydrogen) atoms. The molecule has 0 N–H and O–H groups in total. The maximum Gasteiger partial charge on any atom is 0.416 e. The number of fused-ring (bicyclic) bond motifs is 1. The van der Waals surface area contributed by atoms with E-state index in [0.29, 0.717) is 16.5 Å². The van der Waals surface area contributed by atoms with Crippen molar-refractivity contribution in [2.45, 2.75) is 12.7 Å². The summed E-state index contributed by atoms with van der Waals surface area (Å²) < 4.78 is 46.3. The predicted octanol–water partition coefficient (Wildman–Crippen LogP) is 5.52. The highest BCUT2D eigenvalue weighted by Gasteiger charge is 2.35. The van der Waals surface area contributed by atoms with Crippen molar-refractivity contribution in [3.05, 3.63) is 81.4 Å². The number of amides is 2. The van der Waals surface area contributed by atoms with Crippen molar-refractivity contribution in [3.8, 4) is 0 Å². The lowest BCUT2D eigenvalue weighted by atomic mass is 10.1. The van der Waals surface area contributed by atoms with Crippen LogP contribution in [0.25, 0.3) is 17.0 Å². The molecule has 0 radical (unpaired) electrons. The van der Waals surface area contributed by atoms with Crippen molar-refractivity contribution in [2.75, 3.05) is 13.7 Å². The van der Waals surface area contributed by atoms with Gasteiger partial charge in [0, 0.05) is 23.0 Å². The Labute approximate surface area is 212 Å². The normalized spacial score (nSPS) is 15.6. The number of hydrogen-bond acceptors (Lipinski definition) is 6. The van der Waals surface area contributed by atoms with Crippen LogP contribution < -0.4 is 0 Å². The van der Waals surface area contributed by atoms with Gasteiger partial charge in [0.25, 0.3) is 11.1 Å². The zero-order valence-electron chi connectivity index (χ0n) is 18.6. The van der Waals surface area contributed by atoms with Gasteiger partial charge in [0.2, 0.25) is 0 Å². The monoisotopic (exact) mass is 535 g/mol. The van der Waals surface area contributed by atoms with Crippen molar-refractivity contribution in [2.24, 2.45) is 0 Å². The van der Waals surface area contributed by atoms with Gasteiger partial charge in [-0.1, -0.05) is 29.8 Å². The zero-order chi connectivity index (χ0) is 26.0. The molecule has 3 aromatic rings. The molecule has 7 nitrogen and oxygen atoms in total. The van der Waals surface area contributed by atoms with Crippen LogP contribution in [-0.4, -0.2) is 45.5 Å². The van der Waals surface area contributed by atoms with E-state index >= 15 is 0 Å². The quantitative estimate of drug-likeness (QED) is 0.305. The largest absolute Gasteiger partial charge is 0.466 e. The molecule has 1 aliphatic rings. The number of nitrogens with zero attached hydrogens (tertiary/aromatic N) is 3. The second kappa shape index (κ2) is 10.2. The van der Waals surface area contributed by atoms with Gasteiger partial charge >= 0.3 is 12.1 Å². The summed E-state index contributed by atoms with van der Waals surface area (Å²) in [6, 6.07) is 8.69. The Morgan fingerprint density at radius 2 is 1.97 bits per heavy atom. The second-order valence-electron chi connectivity index (χ2n) is 7.64. The van der Waals surface area contributed by atoms with Crippen LogP contribution >= 0.6 is 23.4 Å². The minimum absolute atomic E-state index is 0.00931. The van der Waals surface area contributed by atoms with E-state index in [1.165, 1.54) is 36.2 Å². The standard InChI is InChI=1S/C24H17ClF3N3O4S/c1-35-21(32)3-2-8-30-22(33)20(36-23(30)34)10-14-4-7-19-16(9-14)12-29-31(19)13-15-5-6-17(25)11-18(15)24(26,27)28/h2-7,9-12H,8,13H2,1H3/b3-2+,20-10-. The first-order valence-electron chi connectivity index (χ1n) is 10.4. The zero-order valence-corrected chi connectivity index (χ0v) is 20.2. The van der Waals surface area contributed by atoms with Crippen molar-refractivity contribution in [1.29, 1.82) is 0 Å². The molecule has 2 amide bonds. The Morgan fingerprint density at radius 1 is 1.19 bits per heavy atom. The fourth-order valence-electron chi connectivity index (χ4n) is 3.56. The molecule has 2 heterocycles. The van der Waals surface area contributed by atoms with Gasteiger partial charge in [-0.2, -0.15) is 18.3 Å². The van der Waals surface area contributed by atoms with Crippen LogP contribution in [0.3, 0.4) is 0 Å². The molecule has 1 aromatic heterocycles. The first-order valence-corrected chi connectivity index (χ1v) is 11.6. The van der Waals surface area contributed by atoms with E-state index in [4.69, 9.17) is 11.6 Å². The Hall–Kier alpha value is -3.57. The summed E-state index contributed by atoms with van der Waals surface area (Å²) >= 11 is 6.53. The third-order valence-corrected chi connectivity index (χ3v) is 6.42. The highest BCUT2D eigenvalue weighted by Crippen LogP contribution is 2.35. The number of esters is 1. The first kappa shape index (κ1) is 25.5. The van der Waals surface area contributed by atoms with Gasteiger partial charge in [-0.25, -0.2) is 4.79 Å². The number of carbonyl (C=O) groups is 3. The summed E-state index contributed by atoms with van der Waals surface area (Å²) in [4.78, 5) is 37.2. The Morgan fingerprint density at radius 3 is 2.69 bits per heavy atom. The van der Waals surface area contributed by atoms with E-state index in [-0.39, 0.29) is 28.6 Å². The molecule has 12 heteroatoms. The molecule has 1 fully saturated rings. The molecule has 0 atom stereocenters. The number of ether oxygens (including phenoxy) is 1. The van der Waals surface area contributed by atoms with Crippen LogP contribution in [0.2, 0.25) is 5.02 Å². The number of alkyl halides is 3. The molecule has 1 aliphatic heterocycles. The van der Waals surface area contributed by atoms with Gasteiger partial charge in [0.15, 0.2) is 0 Å². The lowest BCUT2D eigenvalue weighted by Crippen LogP contribution is -2.28. The number of carbonyl (C=O) groups excluding carboxylic acids is 3. The predicted molar refractivity (Wildman–Crippen MR) is 129 cm³/mol. The number of imide groups is 1. The van der Waals surface area contributed by atoms with Gasteiger partial charge in [0.1, 0.15) is 0 Å². The minimum atomic E-state index is -4.56. The third-order valence-electron chi connectivity index (χ3n) is 5.28. The van der Waals surface area contributed by atoms with E-state index in [1.54, 1.807) is 24.3 Å². The molecule has 0 bridgehead atoms. The average Bonchev–Trinajstić information content (AvgIpc) is 3.34. The number of methoxy groups -OCH3 is 1. The fourth-order valence-corrected chi connectivity index (χ4v) is 4.58. The summed E-state index contributed by atoms with van der Waals surface area (Å²) in [6.07, 6.45) is 0.983. The van der Waals surface area contributed by atoms with Crippen molar-refractivity contribution < 1.29 is 32.3 Å². The first-order chi connectivity index (χ1) is 17.1. The van der Waals surface area contributed by atoms with Gasteiger partial charge in [0.05, 0.1) is 35.8 Å². The molecule has 2 aromatic carbocycles. The topological polar surface area (TPSA) is 81.5 Å². The lowest BCUT2D eigenvalue weighted by Gasteiger charge is -2.14. The Bertz CT molecular complexity index is 1430. The smallest absolute Gasteiger partial charge is 0.416 e. The molecule has 0 unspecified atom stereocenters. The van der Waals surface area contributed by atoms with E-state index in [2.05, 4.69) is 9.84 Å². The van der Waals surface area contributed by atoms with Gasteiger partial charge < -0.3 is 4.74 Å². The highest BCUT2D eigenvalue weighted by molar-refractivity contribution is 8.18. The molecule has 4 rings (SSSR count). The van der Waals surface area contributed by atoms with Crippen molar-refractivity contribution >= 4 is 57.5 Å². The summed E-state index contributed by atoms with van der Waals surface area (Å²) in [5.41, 5.74) is 0.403. The van der Waals surface area contributed by atoms with E-state index < -0.39 is 28.9 Å². The van der Waals surface area contributed by atoms with Crippen LogP contribution in [0.4, 0.5) is 18.0 Å². The minimum Gasteiger partial charge on any atom is -0.466 e. The molecule has 0 spiro atoms. The number of benzene rings is 2. The summed E-state index contributed by atoms with van der Waals surface area (Å²) in [5.74, 6) is -1.10. The molecule has 0 aliphatic carbocycles. The molecule has 186 valence electrons. The number of rotatable bonds is 6. The fraction of sp³-hybridized carbons (Fsp3) is 0.167. The van der Waals surface area contributed by atoms with Gasteiger partial charge in [-0.15, -0.1) is 0 Å². The number of hydrogen-bond donors (Lipinski definition) is 0. The van der Waals surface area contributed by atoms with Crippen LogP contribution in [0.15, 0.2) is 59.7 Å². The van der Waals surface area contributed by atoms with Crippen LogP contribution in [-0.2, 0) is 27.0 Å². The Balaban J connectivity index is 1.55. The van der Waals surface area contributed by atoms with Gasteiger partial charge in [-0.05, 0) is 53.2 Å². The van der Waals surface area contributed by atoms with E-state index in [9.17, 15) is 27.6 Å². The van der Waals surface area contributed by atoms with Crippen LogP contribution in [0, 0.1) is 0 Å². The van der Waals surface area contributed by atoms with E-state index in [0.717, 1.165) is 28.8 Å².